The maximum atomic E-state index is 5.76. The highest BCUT2D eigenvalue weighted by molar-refractivity contribution is 7.80. The smallest absolute Gasteiger partial charge is 0.187 e. The number of hydrogen-bond acceptors (Lipinski definition) is 4. The molecule has 0 atom stereocenters. The van der Waals surface area contributed by atoms with E-state index >= 15 is 0 Å². The second-order valence-corrected chi connectivity index (χ2v) is 6.02. The first-order valence-corrected chi connectivity index (χ1v) is 7.39. The van der Waals surface area contributed by atoms with E-state index in [0.717, 1.165) is 27.6 Å². The fraction of sp³-hybridized carbons (Fsp3) is 0.286. The molecule has 1 aromatic carbocycles. The third kappa shape index (κ3) is 3.11. The van der Waals surface area contributed by atoms with Crippen molar-refractivity contribution in [3.8, 4) is 0 Å². The third-order valence-corrected chi connectivity index (χ3v) is 3.88. The van der Waals surface area contributed by atoms with Gasteiger partial charge in [-0.25, -0.2) is 4.98 Å². The van der Waals surface area contributed by atoms with Gasteiger partial charge in [0.2, 0.25) is 0 Å². The molecule has 5 heteroatoms. The van der Waals surface area contributed by atoms with Crippen LogP contribution < -0.4 is 11.1 Å². The van der Waals surface area contributed by atoms with E-state index < -0.39 is 0 Å². The van der Waals surface area contributed by atoms with Gasteiger partial charge in [-0.2, -0.15) is 0 Å². The van der Waals surface area contributed by atoms with Gasteiger partial charge in [0.15, 0.2) is 5.13 Å². The van der Waals surface area contributed by atoms with Crippen LogP contribution in [0.1, 0.15) is 36.6 Å². The molecule has 0 amide bonds. The molecule has 0 fully saturated rings. The van der Waals surface area contributed by atoms with Crippen LogP contribution in [0, 0.1) is 6.92 Å². The molecule has 0 saturated heterocycles. The van der Waals surface area contributed by atoms with E-state index in [-0.39, 0.29) is 0 Å². The Bertz CT molecular complexity index is 602. The monoisotopic (exact) mass is 291 g/mol. The number of rotatable bonds is 4. The van der Waals surface area contributed by atoms with Gasteiger partial charge >= 0.3 is 0 Å². The van der Waals surface area contributed by atoms with Crippen LogP contribution in [0.15, 0.2) is 23.6 Å². The van der Waals surface area contributed by atoms with Crippen LogP contribution in [0.2, 0.25) is 0 Å². The van der Waals surface area contributed by atoms with Crippen molar-refractivity contribution in [3.05, 3.63) is 40.4 Å². The van der Waals surface area contributed by atoms with Gasteiger partial charge in [-0.1, -0.05) is 38.2 Å². The van der Waals surface area contributed by atoms with Crippen molar-refractivity contribution < 1.29 is 0 Å². The van der Waals surface area contributed by atoms with Gasteiger partial charge in [0.05, 0.1) is 11.4 Å². The fourth-order valence-electron chi connectivity index (χ4n) is 1.75. The summed E-state index contributed by atoms with van der Waals surface area (Å²) in [5.41, 5.74) is 9.77. The highest BCUT2D eigenvalue weighted by Crippen LogP contribution is 2.28. The lowest BCUT2D eigenvalue weighted by molar-refractivity contribution is 0.834. The molecular formula is C14H17N3S2. The molecule has 3 N–H and O–H groups in total. The number of nitrogens with two attached hydrogens (primary N) is 1. The molecule has 1 aromatic heterocycles. The summed E-state index contributed by atoms with van der Waals surface area (Å²) in [5, 5.41) is 6.28. The second kappa shape index (κ2) is 5.67. The third-order valence-electron chi connectivity index (χ3n) is 2.88. The SMILES string of the molecule is Cc1cccc(C(N)=S)c1Nc1nc(C(C)C)cs1. The van der Waals surface area contributed by atoms with Crippen LogP contribution >= 0.6 is 23.6 Å². The molecule has 0 unspecified atom stereocenters. The fourth-order valence-corrected chi connectivity index (χ4v) is 2.80. The predicted octanol–water partition coefficient (Wildman–Crippen LogP) is 3.95. The minimum atomic E-state index is 0.395. The Balaban J connectivity index is 2.34. The van der Waals surface area contributed by atoms with Gasteiger partial charge in [-0.05, 0) is 24.5 Å². The average molecular weight is 291 g/mol. The molecule has 2 rings (SSSR count). The molecule has 0 aliphatic heterocycles. The molecule has 100 valence electrons. The number of thiocarbonyl (C=S) groups is 1. The maximum absolute atomic E-state index is 5.76. The first kappa shape index (κ1) is 14.0. The van der Waals surface area contributed by atoms with Gasteiger partial charge < -0.3 is 11.1 Å². The summed E-state index contributed by atoms with van der Waals surface area (Å²) in [5.74, 6) is 0.429. The Morgan fingerprint density at radius 1 is 1.42 bits per heavy atom. The molecule has 0 aliphatic carbocycles. The number of nitrogens with one attached hydrogen (secondary N) is 1. The van der Waals surface area contributed by atoms with Crippen molar-refractivity contribution in [3.63, 3.8) is 0 Å². The summed E-state index contributed by atoms with van der Waals surface area (Å²) in [4.78, 5) is 4.97. The van der Waals surface area contributed by atoms with Crippen LogP contribution in [0.4, 0.5) is 10.8 Å². The molecule has 2 aromatic rings. The molecule has 0 radical (unpaired) electrons. The molecule has 0 aliphatic rings. The average Bonchev–Trinajstić information content (AvgIpc) is 2.80. The lowest BCUT2D eigenvalue weighted by Gasteiger charge is -2.12. The summed E-state index contributed by atoms with van der Waals surface area (Å²) in [6.07, 6.45) is 0. The highest BCUT2D eigenvalue weighted by atomic mass is 32.1. The van der Waals surface area contributed by atoms with Gasteiger partial charge in [0.25, 0.3) is 0 Å². The standard InChI is InChI=1S/C14H17N3S2/c1-8(2)11-7-19-14(16-11)17-12-9(3)5-4-6-10(12)13(15)18/h4-8H,1-3H3,(H2,15,18)(H,16,17). The van der Waals surface area contributed by atoms with Crippen molar-refractivity contribution >= 4 is 39.4 Å². The number of nitrogens with zero attached hydrogens (tertiary/aromatic N) is 1. The van der Waals surface area contributed by atoms with E-state index in [4.69, 9.17) is 18.0 Å². The zero-order valence-corrected chi connectivity index (χ0v) is 12.9. The number of benzene rings is 1. The van der Waals surface area contributed by atoms with E-state index in [2.05, 4.69) is 29.5 Å². The van der Waals surface area contributed by atoms with E-state index in [1.807, 2.05) is 25.1 Å². The van der Waals surface area contributed by atoms with Gasteiger partial charge in [-0.15, -0.1) is 11.3 Å². The van der Waals surface area contributed by atoms with Gasteiger partial charge in [-0.3, -0.25) is 0 Å². The van der Waals surface area contributed by atoms with Crippen molar-refractivity contribution in [2.75, 3.05) is 5.32 Å². The molecule has 19 heavy (non-hydrogen) atoms. The van der Waals surface area contributed by atoms with Crippen molar-refractivity contribution in [2.45, 2.75) is 26.7 Å². The lowest BCUT2D eigenvalue weighted by Crippen LogP contribution is -2.12. The largest absolute Gasteiger partial charge is 0.389 e. The Morgan fingerprint density at radius 2 is 2.16 bits per heavy atom. The van der Waals surface area contributed by atoms with E-state index in [9.17, 15) is 0 Å². The quantitative estimate of drug-likeness (QED) is 0.837. The predicted molar refractivity (Wildman–Crippen MR) is 86.6 cm³/mol. The van der Waals surface area contributed by atoms with Crippen molar-refractivity contribution in [1.82, 2.24) is 4.98 Å². The van der Waals surface area contributed by atoms with Crippen LogP contribution in [0.25, 0.3) is 0 Å². The first-order chi connectivity index (χ1) is 8.99. The molecule has 3 nitrogen and oxygen atoms in total. The number of aromatic nitrogens is 1. The normalized spacial score (nSPS) is 10.7. The zero-order chi connectivity index (χ0) is 14.0. The van der Waals surface area contributed by atoms with Crippen LogP contribution in [-0.2, 0) is 0 Å². The van der Waals surface area contributed by atoms with Crippen LogP contribution in [0.5, 0.6) is 0 Å². The molecule has 0 bridgehead atoms. The number of para-hydroxylation sites is 1. The zero-order valence-electron chi connectivity index (χ0n) is 11.2. The second-order valence-electron chi connectivity index (χ2n) is 4.72. The van der Waals surface area contributed by atoms with E-state index in [1.54, 1.807) is 11.3 Å². The maximum Gasteiger partial charge on any atom is 0.187 e. The first-order valence-electron chi connectivity index (χ1n) is 6.11. The van der Waals surface area contributed by atoms with E-state index in [1.165, 1.54) is 0 Å². The molecule has 0 spiro atoms. The van der Waals surface area contributed by atoms with Crippen molar-refractivity contribution in [1.29, 1.82) is 0 Å². The summed E-state index contributed by atoms with van der Waals surface area (Å²) in [7, 11) is 0. The minimum Gasteiger partial charge on any atom is -0.389 e. The number of aryl methyl sites for hydroxylation is 1. The molecule has 0 saturated carbocycles. The summed E-state index contributed by atoms with van der Waals surface area (Å²) in [6, 6.07) is 5.91. The van der Waals surface area contributed by atoms with Crippen molar-refractivity contribution in [2.24, 2.45) is 5.73 Å². The molecular weight excluding hydrogens is 274 g/mol. The Labute approximate surface area is 122 Å². The lowest BCUT2D eigenvalue weighted by atomic mass is 10.1. The topological polar surface area (TPSA) is 50.9 Å². The number of thiazole rings is 1. The summed E-state index contributed by atoms with van der Waals surface area (Å²) >= 11 is 6.69. The van der Waals surface area contributed by atoms with Crippen LogP contribution in [-0.4, -0.2) is 9.97 Å². The summed E-state index contributed by atoms with van der Waals surface area (Å²) < 4.78 is 0. The van der Waals surface area contributed by atoms with Crippen LogP contribution in [0.3, 0.4) is 0 Å². The Kier molecular flexibility index (Phi) is 4.17. The Hall–Kier alpha value is -1.46. The summed E-state index contributed by atoms with van der Waals surface area (Å²) in [6.45, 7) is 6.29. The highest BCUT2D eigenvalue weighted by Gasteiger charge is 2.11. The Morgan fingerprint density at radius 3 is 2.74 bits per heavy atom. The number of hydrogen-bond donors (Lipinski definition) is 2. The minimum absolute atomic E-state index is 0.395. The molecule has 1 heterocycles. The van der Waals surface area contributed by atoms with E-state index in [0.29, 0.717) is 10.9 Å². The van der Waals surface area contributed by atoms with Gasteiger partial charge in [0.1, 0.15) is 4.99 Å². The van der Waals surface area contributed by atoms with Gasteiger partial charge in [0, 0.05) is 10.9 Å². The number of anilines is 2.